The van der Waals surface area contributed by atoms with Gasteiger partial charge in [-0.25, -0.2) is 0 Å². The van der Waals surface area contributed by atoms with Crippen LogP contribution >= 0.6 is 11.3 Å². The van der Waals surface area contributed by atoms with Crippen LogP contribution in [0.1, 0.15) is 17.2 Å². The summed E-state index contributed by atoms with van der Waals surface area (Å²) in [5.74, 6) is 0.726. The van der Waals surface area contributed by atoms with E-state index in [9.17, 15) is 9.59 Å². The standard InChI is InChI=1S/C23H22N2O4S/c1-15-4-6-17(7-5-15)25-21(26)13-24(23(27)22(25)16-10-11-30-14-16)19-12-18(28-2)8-9-20(19)29-3/h4-12,14,22H,13H2,1-3H3/t22-/m1/s1. The maximum absolute atomic E-state index is 13.7. The van der Waals surface area contributed by atoms with E-state index in [1.165, 1.54) is 23.3 Å². The van der Waals surface area contributed by atoms with Crippen molar-refractivity contribution in [2.24, 2.45) is 0 Å². The van der Waals surface area contributed by atoms with Gasteiger partial charge in [0.25, 0.3) is 5.91 Å². The zero-order valence-electron chi connectivity index (χ0n) is 17.0. The maximum Gasteiger partial charge on any atom is 0.255 e. The van der Waals surface area contributed by atoms with Gasteiger partial charge in [0.15, 0.2) is 0 Å². The number of amides is 2. The predicted octanol–water partition coefficient (Wildman–Crippen LogP) is 4.19. The fraction of sp³-hybridized carbons (Fsp3) is 0.217. The van der Waals surface area contributed by atoms with Gasteiger partial charge in [-0.3, -0.25) is 19.4 Å². The van der Waals surface area contributed by atoms with Crippen molar-refractivity contribution in [2.75, 3.05) is 30.6 Å². The Labute approximate surface area is 179 Å². The Morgan fingerprint density at radius 2 is 1.77 bits per heavy atom. The molecule has 3 aromatic rings. The van der Waals surface area contributed by atoms with Crippen LogP contribution in [-0.2, 0) is 9.59 Å². The van der Waals surface area contributed by atoms with Crippen LogP contribution in [0.2, 0.25) is 0 Å². The average molecular weight is 423 g/mol. The second-order valence-electron chi connectivity index (χ2n) is 7.02. The molecular weight excluding hydrogens is 400 g/mol. The van der Waals surface area contributed by atoms with Crippen molar-refractivity contribution in [3.05, 3.63) is 70.4 Å². The Hall–Kier alpha value is -3.32. The minimum Gasteiger partial charge on any atom is -0.497 e. The van der Waals surface area contributed by atoms with Crippen molar-refractivity contribution in [2.45, 2.75) is 13.0 Å². The number of rotatable bonds is 5. The first-order valence-electron chi connectivity index (χ1n) is 9.47. The molecular formula is C23H22N2O4S. The predicted molar refractivity (Wildman–Crippen MR) is 118 cm³/mol. The van der Waals surface area contributed by atoms with Crippen molar-refractivity contribution in [1.29, 1.82) is 0 Å². The molecule has 2 aromatic carbocycles. The summed E-state index contributed by atoms with van der Waals surface area (Å²) in [7, 11) is 3.10. The number of nitrogens with zero attached hydrogens (tertiary/aromatic N) is 2. The largest absolute Gasteiger partial charge is 0.497 e. The molecule has 1 aromatic heterocycles. The van der Waals surface area contributed by atoms with E-state index < -0.39 is 6.04 Å². The van der Waals surface area contributed by atoms with Crippen LogP contribution in [0.3, 0.4) is 0 Å². The van der Waals surface area contributed by atoms with Gasteiger partial charge in [0.05, 0.1) is 19.9 Å². The molecule has 1 aliphatic rings. The number of hydrogen-bond acceptors (Lipinski definition) is 5. The molecule has 0 saturated carbocycles. The number of carbonyl (C=O) groups is 2. The quantitative estimate of drug-likeness (QED) is 0.619. The summed E-state index contributed by atoms with van der Waals surface area (Å²) in [4.78, 5) is 30.1. The maximum atomic E-state index is 13.7. The van der Waals surface area contributed by atoms with E-state index in [0.29, 0.717) is 22.9 Å². The molecule has 0 spiro atoms. The number of carbonyl (C=O) groups excluding carboxylic acids is 2. The van der Waals surface area contributed by atoms with E-state index in [0.717, 1.165) is 11.1 Å². The van der Waals surface area contributed by atoms with Crippen molar-refractivity contribution in [3.63, 3.8) is 0 Å². The highest BCUT2D eigenvalue weighted by atomic mass is 32.1. The first-order valence-corrected chi connectivity index (χ1v) is 10.4. The SMILES string of the molecule is COc1ccc(OC)c(N2CC(=O)N(c3ccc(C)cc3)[C@H](c3ccsc3)C2=O)c1. The Balaban J connectivity index is 1.81. The number of piperazine rings is 1. The van der Waals surface area contributed by atoms with Gasteiger partial charge in [-0.1, -0.05) is 17.7 Å². The number of thiophene rings is 1. The lowest BCUT2D eigenvalue weighted by atomic mass is 10.0. The molecule has 1 atom stereocenters. The van der Waals surface area contributed by atoms with Gasteiger partial charge in [0.1, 0.15) is 24.1 Å². The molecule has 0 N–H and O–H groups in total. The number of hydrogen-bond donors (Lipinski definition) is 0. The Morgan fingerprint density at radius 1 is 1.00 bits per heavy atom. The van der Waals surface area contributed by atoms with Gasteiger partial charge in [-0.05, 0) is 53.6 Å². The molecule has 1 saturated heterocycles. The van der Waals surface area contributed by atoms with Crippen LogP contribution in [-0.4, -0.2) is 32.6 Å². The van der Waals surface area contributed by atoms with Crippen molar-refractivity contribution >= 4 is 34.5 Å². The van der Waals surface area contributed by atoms with E-state index >= 15 is 0 Å². The van der Waals surface area contributed by atoms with Gasteiger partial charge >= 0.3 is 0 Å². The molecule has 0 radical (unpaired) electrons. The zero-order valence-corrected chi connectivity index (χ0v) is 17.8. The van der Waals surface area contributed by atoms with Crippen LogP contribution in [0.25, 0.3) is 0 Å². The highest BCUT2D eigenvalue weighted by Crippen LogP contribution is 2.39. The van der Waals surface area contributed by atoms with E-state index in [2.05, 4.69) is 0 Å². The summed E-state index contributed by atoms with van der Waals surface area (Å²) in [5.41, 5.74) is 3.08. The number of aryl methyl sites for hydroxylation is 1. The van der Waals surface area contributed by atoms with E-state index in [-0.39, 0.29) is 18.4 Å². The van der Waals surface area contributed by atoms with Gasteiger partial charge in [0.2, 0.25) is 5.91 Å². The van der Waals surface area contributed by atoms with Crippen LogP contribution in [0.5, 0.6) is 11.5 Å². The summed E-state index contributed by atoms with van der Waals surface area (Å²) >= 11 is 1.49. The number of ether oxygens (including phenoxy) is 2. The lowest BCUT2D eigenvalue weighted by molar-refractivity contribution is -0.128. The lowest BCUT2D eigenvalue weighted by Gasteiger charge is -2.40. The molecule has 7 heteroatoms. The minimum absolute atomic E-state index is 0.0864. The third-order valence-electron chi connectivity index (χ3n) is 5.17. The van der Waals surface area contributed by atoms with Crippen LogP contribution in [0, 0.1) is 6.92 Å². The molecule has 2 amide bonds. The smallest absolute Gasteiger partial charge is 0.255 e. The summed E-state index contributed by atoms with van der Waals surface area (Å²) in [6, 6.07) is 14.0. The zero-order chi connectivity index (χ0) is 21.3. The third kappa shape index (κ3) is 3.52. The fourth-order valence-electron chi connectivity index (χ4n) is 3.62. The Morgan fingerprint density at radius 3 is 2.40 bits per heavy atom. The van der Waals surface area contributed by atoms with Crippen molar-refractivity contribution < 1.29 is 19.1 Å². The summed E-state index contributed by atoms with van der Waals surface area (Å²) in [6.07, 6.45) is 0. The van der Waals surface area contributed by atoms with E-state index in [1.54, 1.807) is 30.2 Å². The van der Waals surface area contributed by atoms with Gasteiger partial charge in [-0.2, -0.15) is 11.3 Å². The second-order valence-corrected chi connectivity index (χ2v) is 7.80. The lowest BCUT2D eigenvalue weighted by Crippen LogP contribution is -2.56. The van der Waals surface area contributed by atoms with Crippen LogP contribution in [0.15, 0.2) is 59.3 Å². The first-order chi connectivity index (χ1) is 14.5. The monoisotopic (exact) mass is 422 g/mol. The molecule has 154 valence electrons. The summed E-state index contributed by atoms with van der Waals surface area (Å²) < 4.78 is 10.8. The summed E-state index contributed by atoms with van der Waals surface area (Å²) in [5, 5.41) is 3.81. The topological polar surface area (TPSA) is 59.1 Å². The highest BCUT2D eigenvalue weighted by molar-refractivity contribution is 7.08. The van der Waals surface area contributed by atoms with Gasteiger partial charge < -0.3 is 9.47 Å². The Bertz CT molecular complexity index is 1060. The van der Waals surface area contributed by atoms with Gasteiger partial charge in [0, 0.05) is 11.8 Å². The highest BCUT2D eigenvalue weighted by Gasteiger charge is 2.42. The molecule has 2 heterocycles. The normalized spacial score (nSPS) is 16.7. The van der Waals surface area contributed by atoms with Gasteiger partial charge in [-0.15, -0.1) is 0 Å². The summed E-state index contributed by atoms with van der Waals surface area (Å²) in [6.45, 7) is 1.90. The molecule has 6 nitrogen and oxygen atoms in total. The Kier molecular flexibility index (Phi) is 5.46. The molecule has 1 fully saturated rings. The number of benzene rings is 2. The molecule has 1 aliphatic heterocycles. The minimum atomic E-state index is -0.754. The average Bonchev–Trinajstić information content (AvgIpc) is 3.29. The van der Waals surface area contributed by atoms with Crippen LogP contribution < -0.4 is 19.3 Å². The molecule has 0 aliphatic carbocycles. The van der Waals surface area contributed by atoms with Crippen molar-refractivity contribution in [1.82, 2.24) is 0 Å². The van der Waals surface area contributed by atoms with Crippen LogP contribution in [0.4, 0.5) is 11.4 Å². The molecule has 0 bridgehead atoms. The van der Waals surface area contributed by atoms with Crippen molar-refractivity contribution in [3.8, 4) is 11.5 Å². The van der Waals surface area contributed by atoms with E-state index in [4.69, 9.17) is 9.47 Å². The second kappa shape index (κ2) is 8.20. The number of anilines is 2. The third-order valence-corrected chi connectivity index (χ3v) is 5.87. The molecule has 0 unspecified atom stereocenters. The van der Waals surface area contributed by atoms with E-state index in [1.807, 2.05) is 48.0 Å². The number of methoxy groups -OCH3 is 2. The first kappa shape index (κ1) is 20.0. The fourth-order valence-corrected chi connectivity index (χ4v) is 4.30. The molecule has 4 rings (SSSR count). The molecule has 30 heavy (non-hydrogen) atoms.